The van der Waals surface area contributed by atoms with Crippen molar-refractivity contribution in [2.75, 3.05) is 51.9 Å². The minimum absolute atomic E-state index is 0.155. The van der Waals surface area contributed by atoms with Gasteiger partial charge in [0.2, 0.25) is 0 Å². The van der Waals surface area contributed by atoms with E-state index in [2.05, 4.69) is 36.1 Å². The minimum atomic E-state index is -0.406. The number of hydrogen-bond acceptors (Lipinski definition) is 7. The van der Waals surface area contributed by atoms with Crippen LogP contribution in [-0.4, -0.2) is 72.9 Å². The van der Waals surface area contributed by atoms with Crippen molar-refractivity contribution in [1.82, 2.24) is 14.7 Å². The maximum atomic E-state index is 13.9. The molecule has 0 radical (unpaired) electrons. The predicted molar refractivity (Wildman–Crippen MR) is 166 cm³/mol. The van der Waals surface area contributed by atoms with Gasteiger partial charge in [0.05, 0.1) is 24.6 Å². The molecule has 42 heavy (non-hydrogen) atoms. The Labute approximate surface area is 247 Å². The predicted octanol–water partition coefficient (Wildman–Crippen LogP) is 5.33. The number of carbonyl (C=O) groups excluding carboxylic acids is 1. The van der Waals surface area contributed by atoms with E-state index in [0.717, 1.165) is 66.3 Å². The number of hydrogen-bond donors (Lipinski definition) is 1. The van der Waals surface area contributed by atoms with Gasteiger partial charge in [0.25, 0.3) is 5.91 Å². The molecule has 1 N–H and O–H groups in total. The number of nitrogens with zero attached hydrogens (tertiary/aromatic N) is 4. The Balaban J connectivity index is 1.44. The summed E-state index contributed by atoms with van der Waals surface area (Å²) in [6.07, 6.45) is 0. The molecule has 3 aromatic carbocycles. The van der Waals surface area contributed by atoms with Crippen LogP contribution in [0.1, 0.15) is 37.6 Å². The van der Waals surface area contributed by atoms with Crippen molar-refractivity contribution in [2.24, 2.45) is 5.16 Å². The zero-order valence-corrected chi connectivity index (χ0v) is 25.0. The number of nitrogens with one attached hydrogen (secondary N) is 1. The summed E-state index contributed by atoms with van der Waals surface area (Å²) < 4.78 is 13.4. The highest BCUT2D eigenvalue weighted by atomic mass is 16.6. The first-order valence-electron chi connectivity index (χ1n) is 14.3. The van der Waals surface area contributed by atoms with E-state index in [1.807, 2.05) is 73.7 Å². The molecule has 9 heteroatoms. The maximum Gasteiger partial charge on any atom is 0.279 e. The standard InChI is InChI=1S/C33H39N5O4/c1-23-10-12-24(13-11-23)38-30(22-29(35-38)33(2,3)4)34-32(39)31(36-40-5)27-14-15-28(26-9-7-6-8-25(26)27)42-21-18-37-16-19-41-20-17-37/h6-15,22H,16-21H2,1-5H3,(H,34,39)/b36-31-. The first kappa shape index (κ1) is 29.3. The number of rotatable bonds is 9. The zero-order chi connectivity index (χ0) is 29.7. The van der Waals surface area contributed by atoms with E-state index in [-0.39, 0.29) is 11.1 Å². The monoisotopic (exact) mass is 569 g/mol. The minimum Gasteiger partial charge on any atom is -0.492 e. The fraction of sp³-hybridized carbons (Fsp3) is 0.364. The third-order valence-corrected chi connectivity index (χ3v) is 7.30. The molecule has 1 amide bonds. The average molecular weight is 570 g/mol. The summed E-state index contributed by atoms with van der Waals surface area (Å²) in [5.74, 6) is 0.897. The van der Waals surface area contributed by atoms with Gasteiger partial charge in [0.1, 0.15) is 25.3 Å². The molecule has 220 valence electrons. The van der Waals surface area contributed by atoms with Gasteiger partial charge in [-0.05, 0) is 36.6 Å². The summed E-state index contributed by atoms with van der Waals surface area (Å²) in [6.45, 7) is 13.0. The van der Waals surface area contributed by atoms with E-state index < -0.39 is 5.91 Å². The van der Waals surface area contributed by atoms with Crippen molar-refractivity contribution in [1.29, 1.82) is 0 Å². The normalized spacial score (nSPS) is 14.6. The number of oxime groups is 1. The van der Waals surface area contributed by atoms with E-state index in [0.29, 0.717) is 18.0 Å². The van der Waals surface area contributed by atoms with Crippen molar-refractivity contribution in [2.45, 2.75) is 33.1 Å². The Morgan fingerprint density at radius 3 is 2.43 bits per heavy atom. The van der Waals surface area contributed by atoms with Crippen LogP contribution in [0.25, 0.3) is 16.5 Å². The lowest BCUT2D eigenvalue weighted by Gasteiger charge is -2.26. The molecule has 1 aliphatic rings. The summed E-state index contributed by atoms with van der Waals surface area (Å²) in [5, 5.41) is 13.8. The number of morpholine rings is 1. The van der Waals surface area contributed by atoms with Gasteiger partial charge in [0, 0.05) is 42.1 Å². The highest BCUT2D eigenvalue weighted by Gasteiger charge is 2.25. The van der Waals surface area contributed by atoms with Gasteiger partial charge in [-0.2, -0.15) is 5.10 Å². The topological polar surface area (TPSA) is 90.2 Å². The third kappa shape index (κ3) is 6.64. The summed E-state index contributed by atoms with van der Waals surface area (Å²) in [7, 11) is 1.44. The molecule has 9 nitrogen and oxygen atoms in total. The third-order valence-electron chi connectivity index (χ3n) is 7.30. The fourth-order valence-electron chi connectivity index (χ4n) is 4.91. The largest absolute Gasteiger partial charge is 0.492 e. The molecule has 1 saturated heterocycles. The quantitative estimate of drug-likeness (QED) is 0.216. The molecule has 2 heterocycles. The van der Waals surface area contributed by atoms with Crippen molar-refractivity contribution in [3.63, 3.8) is 0 Å². The van der Waals surface area contributed by atoms with Gasteiger partial charge in [-0.3, -0.25) is 9.69 Å². The first-order valence-corrected chi connectivity index (χ1v) is 14.3. The Morgan fingerprint density at radius 1 is 1.02 bits per heavy atom. The van der Waals surface area contributed by atoms with Crippen molar-refractivity contribution in [3.8, 4) is 11.4 Å². The van der Waals surface area contributed by atoms with Gasteiger partial charge in [0.15, 0.2) is 5.71 Å². The van der Waals surface area contributed by atoms with Crippen LogP contribution in [0.4, 0.5) is 5.82 Å². The van der Waals surface area contributed by atoms with E-state index >= 15 is 0 Å². The Bertz CT molecular complexity index is 1560. The van der Waals surface area contributed by atoms with Crippen LogP contribution in [-0.2, 0) is 19.8 Å². The van der Waals surface area contributed by atoms with Gasteiger partial charge < -0.3 is 19.6 Å². The lowest BCUT2D eigenvalue weighted by molar-refractivity contribution is -0.110. The summed E-state index contributed by atoms with van der Waals surface area (Å²) >= 11 is 0. The molecule has 0 bridgehead atoms. The van der Waals surface area contributed by atoms with Crippen molar-refractivity contribution >= 4 is 28.2 Å². The summed E-state index contributed by atoms with van der Waals surface area (Å²) in [6, 6.07) is 21.5. The summed E-state index contributed by atoms with van der Waals surface area (Å²) in [5.41, 5.74) is 3.42. The van der Waals surface area contributed by atoms with E-state index in [4.69, 9.17) is 19.4 Å². The molecule has 0 atom stereocenters. The number of aryl methyl sites for hydroxylation is 1. The van der Waals surface area contributed by atoms with Crippen LogP contribution < -0.4 is 10.1 Å². The molecule has 0 aliphatic carbocycles. The number of ether oxygens (including phenoxy) is 2. The number of benzene rings is 3. The van der Waals surface area contributed by atoms with Gasteiger partial charge in [-0.15, -0.1) is 0 Å². The van der Waals surface area contributed by atoms with Crippen LogP contribution in [0.5, 0.6) is 5.75 Å². The smallest absolute Gasteiger partial charge is 0.279 e. The van der Waals surface area contributed by atoms with Crippen molar-refractivity contribution < 1.29 is 19.1 Å². The molecular formula is C33H39N5O4. The zero-order valence-electron chi connectivity index (χ0n) is 25.0. The lowest BCUT2D eigenvalue weighted by atomic mass is 9.92. The van der Waals surface area contributed by atoms with Crippen LogP contribution in [0.15, 0.2) is 71.9 Å². The Kier molecular flexibility index (Phi) is 8.89. The second kappa shape index (κ2) is 12.8. The van der Waals surface area contributed by atoms with Crippen LogP contribution >= 0.6 is 0 Å². The Hall–Kier alpha value is -4.21. The molecular weight excluding hydrogens is 530 g/mol. The number of aromatic nitrogens is 2. The van der Waals surface area contributed by atoms with E-state index in [1.165, 1.54) is 7.11 Å². The fourth-order valence-corrected chi connectivity index (χ4v) is 4.91. The SMILES string of the molecule is CO/N=C(\C(=O)Nc1cc(C(C)(C)C)nn1-c1ccc(C)cc1)c1ccc(OCCN2CCOCC2)c2ccccc12. The number of amides is 1. The maximum absolute atomic E-state index is 13.9. The van der Waals surface area contributed by atoms with Crippen LogP contribution in [0.2, 0.25) is 0 Å². The van der Waals surface area contributed by atoms with E-state index in [1.54, 1.807) is 4.68 Å². The second-order valence-electron chi connectivity index (χ2n) is 11.4. The van der Waals surface area contributed by atoms with Crippen LogP contribution in [0, 0.1) is 6.92 Å². The van der Waals surface area contributed by atoms with Gasteiger partial charge >= 0.3 is 0 Å². The average Bonchev–Trinajstić information content (AvgIpc) is 3.41. The molecule has 1 aromatic heterocycles. The number of fused-ring (bicyclic) bond motifs is 1. The first-order chi connectivity index (χ1) is 20.2. The highest BCUT2D eigenvalue weighted by Crippen LogP contribution is 2.30. The van der Waals surface area contributed by atoms with Gasteiger partial charge in [-0.25, -0.2) is 4.68 Å². The molecule has 0 spiro atoms. The van der Waals surface area contributed by atoms with Gasteiger partial charge in [-0.1, -0.05) is 67.9 Å². The molecule has 4 aromatic rings. The molecule has 0 unspecified atom stereocenters. The number of carbonyl (C=O) groups is 1. The number of anilines is 1. The molecule has 5 rings (SSSR count). The van der Waals surface area contributed by atoms with Crippen molar-refractivity contribution in [3.05, 3.63) is 83.6 Å². The molecule has 1 aliphatic heterocycles. The van der Waals surface area contributed by atoms with E-state index in [9.17, 15) is 4.79 Å². The lowest BCUT2D eigenvalue weighted by Crippen LogP contribution is -2.38. The Morgan fingerprint density at radius 2 is 1.74 bits per heavy atom. The second-order valence-corrected chi connectivity index (χ2v) is 11.4. The summed E-state index contributed by atoms with van der Waals surface area (Å²) in [4.78, 5) is 21.4. The molecule has 1 fully saturated rings. The highest BCUT2D eigenvalue weighted by molar-refractivity contribution is 6.50. The molecule has 0 saturated carbocycles. The van der Waals surface area contributed by atoms with Crippen LogP contribution in [0.3, 0.4) is 0 Å².